The molecule has 0 amide bonds. The molecule has 0 bridgehead atoms. The lowest BCUT2D eigenvalue weighted by molar-refractivity contribution is -0.0885. The van der Waals surface area contributed by atoms with Gasteiger partial charge in [0.1, 0.15) is 0 Å². The fourth-order valence-electron chi connectivity index (χ4n) is 0.481. The maximum atomic E-state index is 11.7. The van der Waals surface area contributed by atoms with Gasteiger partial charge in [-0.1, -0.05) is 0 Å². The molecule has 0 aliphatic heterocycles. The van der Waals surface area contributed by atoms with Gasteiger partial charge in [0.25, 0.3) is 5.78 Å². The van der Waals surface area contributed by atoms with Crippen LogP contribution in [0.25, 0.3) is 0 Å². The molecule has 0 unspecified atom stereocenters. The van der Waals surface area contributed by atoms with Crippen LogP contribution in [0.1, 0.15) is 9.80 Å². The van der Waals surface area contributed by atoms with E-state index in [4.69, 9.17) is 0 Å². The number of carbonyl (C=O) groups is 1. The van der Waals surface area contributed by atoms with E-state index in [9.17, 15) is 18.0 Å². The smallest absolute Gasteiger partial charge is 0.281 e. The third kappa shape index (κ3) is 2.04. The fraction of sp³-hybridized carbons (Fsp3) is 0.200. The Kier molecular flexibility index (Phi) is 2.52. The first kappa shape index (κ1) is 9.66. The molecule has 12 heavy (non-hydrogen) atoms. The van der Waals surface area contributed by atoms with Gasteiger partial charge < -0.3 is 0 Å². The van der Waals surface area contributed by atoms with Crippen molar-refractivity contribution >= 4 is 33.0 Å². The largest absolute Gasteiger partial charge is 0.457 e. The van der Waals surface area contributed by atoms with Crippen LogP contribution in [-0.2, 0) is 0 Å². The van der Waals surface area contributed by atoms with Gasteiger partial charge in [-0.2, -0.15) is 13.2 Å². The van der Waals surface area contributed by atoms with Crippen LogP contribution in [0.3, 0.4) is 0 Å². The summed E-state index contributed by atoms with van der Waals surface area (Å²) in [4.78, 5) is 13.8. The Morgan fingerprint density at radius 2 is 2.17 bits per heavy atom. The molecule has 0 spiro atoms. The van der Waals surface area contributed by atoms with Crippen molar-refractivity contribution < 1.29 is 18.0 Å². The Morgan fingerprint density at radius 1 is 1.58 bits per heavy atom. The summed E-state index contributed by atoms with van der Waals surface area (Å²) in [6, 6.07) is 0. The molecule has 0 fully saturated rings. The van der Waals surface area contributed by atoms with Gasteiger partial charge in [0.15, 0.2) is 5.01 Å². The summed E-state index contributed by atoms with van der Waals surface area (Å²) in [5, 5.41) is -0.547. The Hall–Kier alpha value is -0.430. The predicted octanol–water partition coefficient (Wildman–Crippen LogP) is 2.65. The van der Waals surface area contributed by atoms with Crippen LogP contribution in [0, 0.1) is 0 Å². The molecule has 1 heterocycles. The fourth-order valence-corrected chi connectivity index (χ4v) is 1.65. The van der Waals surface area contributed by atoms with E-state index in [-0.39, 0.29) is 0 Å². The molecule has 66 valence electrons. The molecular weight excluding hydrogens is 259 g/mol. The standard InChI is InChI=1S/C5HBrF3NOS/c6-2-1-10-4(12-2)3(11)5(7,8)9/h1H. The van der Waals surface area contributed by atoms with Gasteiger partial charge in [-0.15, -0.1) is 11.3 Å². The average Bonchev–Trinajstić information content (AvgIpc) is 2.32. The molecule has 1 aromatic rings. The summed E-state index contributed by atoms with van der Waals surface area (Å²) in [5.74, 6) is -1.90. The maximum absolute atomic E-state index is 11.7. The molecule has 0 N–H and O–H groups in total. The summed E-state index contributed by atoms with van der Waals surface area (Å²) in [6.45, 7) is 0. The lowest BCUT2D eigenvalue weighted by Gasteiger charge is -1.99. The number of thiazole rings is 1. The van der Waals surface area contributed by atoms with Crippen molar-refractivity contribution in [1.29, 1.82) is 0 Å². The molecule has 0 aliphatic carbocycles. The van der Waals surface area contributed by atoms with E-state index in [1.54, 1.807) is 0 Å². The number of alkyl halides is 3. The molecular formula is C5HBrF3NOS. The second kappa shape index (κ2) is 3.14. The molecule has 7 heteroatoms. The number of carbonyl (C=O) groups excluding carboxylic acids is 1. The first-order chi connectivity index (χ1) is 5.41. The highest BCUT2D eigenvalue weighted by atomic mass is 79.9. The normalized spacial score (nSPS) is 11.7. The quantitative estimate of drug-likeness (QED) is 0.726. The van der Waals surface area contributed by atoms with Gasteiger partial charge in [-0.3, -0.25) is 4.79 Å². The van der Waals surface area contributed by atoms with Crippen LogP contribution in [0.4, 0.5) is 13.2 Å². The van der Waals surface area contributed by atoms with E-state index in [2.05, 4.69) is 20.9 Å². The molecule has 1 rings (SSSR count). The number of hydrogen-bond donors (Lipinski definition) is 0. The van der Waals surface area contributed by atoms with Crippen LogP contribution in [0.15, 0.2) is 9.98 Å². The van der Waals surface area contributed by atoms with E-state index in [0.29, 0.717) is 15.1 Å². The van der Waals surface area contributed by atoms with Crippen molar-refractivity contribution in [2.45, 2.75) is 6.18 Å². The highest BCUT2D eigenvalue weighted by Gasteiger charge is 2.41. The number of Topliss-reactive ketones (excluding diaryl/α,β-unsaturated/α-hetero) is 1. The van der Waals surface area contributed by atoms with Crippen molar-refractivity contribution in [3.8, 4) is 0 Å². The number of halogens is 4. The summed E-state index contributed by atoms with van der Waals surface area (Å²) in [5.41, 5.74) is 0. The molecule has 0 saturated heterocycles. The van der Waals surface area contributed by atoms with E-state index >= 15 is 0 Å². The number of rotatable bonds is 1. The van der Waals surface area contributed by atoms with Crippen molar-refractivity contribution in [3.63, 3.8) is 0 Å². The van der Waals surface area contributed by atoms with Gasteiger partial charge in [0.2, 0.25) is 0 Å². The third-order valence-electron chi connectivity index (χ3n) is 0.929. The third-order valence-corrected chi connectivity index (χ3v) is 2.40. The summed E-state index contributed by atoms with van der Waals surface area (Å²) in [7, 11) is 0. The van der Waals surface area contributed by atoms with Crippen molar-refractivity contribution in [2.24, 2.45) is 0 Å². The van der Waals surface area contributed by atoms with Gasteiger partial charge in [-0.25, -0.2) is 4.98 Å². The Labute approximate surface area is 77.5 Å². The van der Waals surface area contributed by atoms with E-state index < -0.39 is 17.0 Å². The average molecular weight is 260 g/mol. The molecule has 0 saturated carbocycles. The SMILES string of the molecule is O=C(c1ncc(Br)s1)C(F)(F)F. The highest BCUT2D eigenvalue weighted by molar-refractivity contribution is 9.11. The molecule has 0 aromatic carbocycles. The zero-order valence-electron chi connectivity index (χ0n) is 5.35. The summed E-state index contributed by atoms with van der Waals surface area (Å²) in [6.07, 6.45) is -3.68. The first-order valence-electron chi connectivity index (χ1n) is 2.64. The minimum atomic E-state index is -4.84. The second-order valence-electron chi connectivity index (χ2n) is 1.80. The molecule has 0 aliphatic rings. The van der Waals surface area contributed by atoms with Crippen LogP contribution in [-0.4, -0.2) is 16.9 Å². The van der Waals surface area contributed by atoms with Crippen molar-refractivity contribution in [3.05, 3.63) is 15.0 Å². The molecule has 0 atom stereocenters. The Balaban J connectivity index is 2.93. The highest BCUT2D eigenvalue weighted by Crippen LogP contribution is 2.26. The molecule has 1 aromatic heterocycles. The predicted molar refractivity (Wildman–Crippen MR) is 40.2 cm³/mol. The number of nitrogens with zero attached hydrogens (tertiary/aromatic N) is 1. The molecule has 0 radical (unpaired) electrons. The zero-order chi connectivity index (χ0) is 9.35. The van der Waals surface area contributed by atoms with Gasteiger partial charge in [0, 0.05) is 0 Å². The Bertz CT molecular complexity index is 308. The monoisotopic (exact) mass is 259 g/mol. The number of ketones is 1. The minimum absolute atomic E-state index is 0.398. The first-order valence-corrected chi connectivity index (χ1v) is 4.25. The number of hydrogen-bond acceptors (Lipinski definition) is 3. The lowest BCUT2D eigenvalue weighted by Crippen LogP contribution is -2.22. The summed E-state index contributed by atoms with van der Waals surface area (Å²) >= 11 is 3.56. The Morgan fingerprint density at radius 3 is 2.50 bits per heavy atom. The lowest BCUT2D eigenvalue weighted by atomic mass is 10.4. The van der Waals surface area contributed by atoms with E-state index in [0.717, 1.165) is 6.20 Å². The van der Waals surface area contributed by atoms with E-state index in [1.165, 1.54) is 0 Å². The number of aromatic nitrogens is 1. The zero-order valence-corrected chi connectivity index (χ0v) is 7.76. The van der Waals surface area contributed by atoms with Crippen molar-refractivity contribution in [2.75, 3.05) is 0 Å². The van der Waals surface area contributed by atoms with Gasteiger partial charge in [-0.05, 0) is 15.9 Å². The minimum Gasteiger partial charge on any atom is -0.281 e. The van der Waals surface area contributed by atoms with Crippen molar-refractivity contribution in [1.82, 2.24) is 4.98 Å². The van der Waals surface area contributed by atoms with Crippen LogP contribution in [0.5, 0.6) is 0 Å². The second-order valence-corrected chi connectivity index (χ2v) is 4.21. The van der Waals surface area contributed by atoms with Crippen LogP contribution >= 0.6 is 27.3 Å². The van der Waals surface area contributed by atoms with Crippen LogP contribution < -0.4 is 0 Å². The van der Waals surface area contributed by atoms with Gasteiger partial charge in [0.05, 0.1) is 9.98 Å². The molecule has 2 nitrogen and oxygen atoms in total. The van der Waals surface area contributed by atoms with Gasteiger partial charge >= 0.3 is 6.18 Å². The maximum Gasteiger partial charge on any atom is 0.457 e. The van der Waals surface area contributed by atoms with Crippen LogP contribution in [0.2, 0.25) is 0 Å². The summed E-state index contributed by atoms with van der Waals surface area (Å²) < 4.78 is 35.6. The topological polar surface area (TPSA) is 30.0 Å². The van der Waals surface area contributed by atoms with E-state index in [1.807, 2.05) is 0 Å².